The van der Waals surface area contributed by atoms with Gasteiger partial charge in [0.2, 0.25) is 0 Å². The lowest BCUT2D eigenvalue weighted by Crippen LogP contribution is -2.07. The zero-order valence-corrected chi connectivity index (χ0v) is 15.5. The predicted molar refractivity (Wildman–Crippen MR) is 107 cm³/mol. The minimum absolute atomic E-state index is 0.00708. The summed E-state index contributed by atoms with van der Waals surface area (Å²) in [6.07, 6.45) is 6.18. The Morgan fingerprint density at radius 1 is 1.11 bits per heavy atom. The van der Waals surface area contributed by atoms with Crippen LogP contribution in [0, 0.1) is 12.8 Å². The molecule has 4 nitrogen and oxygen atoms in total. The molecule has 0 unspecified atom stereocenters. The van der Waals surface area contributed by atoms with E-state index >= 15 is 0 Å². The molecule has 0 spiro atoms. The quantitative estimate of drug-likeness (QED) is 0.614. The third-order valence-corrected chi connectivity index (χ3v) is 4.87. The molecule has 1 saturated carbocycles. The summed E-state index contributed by atoms with van der Waals surface area (Å²) >= 11 is 0. The molecule has 0 aliphatic heterocycles. The summed E-state index contributed by atoms with van der Waals surface area (Å²) in [6, 6.07) is 13.1. The summed E-state index contributed by atoms with van der Waals surface area (Å²) in [6.45, 7) is 2.49. The average Bonchev–Trinajstić information content (AvgIpc) is 3.52. The Balaban J connectivity index is 1.71. The highest BCUT2D eigenvalue weighted by Crippen LogP contribution is 2.36. The Morgan fingerprint density at radius 3 is 2.70 bits per heavy atom. The molecule has 1 aliphatic carbocycles. The van der Waals surface area contributed by atoms with Gasteiger partial charge in [-0.15, -0.1) is 0 Å². The van der Waals surface area contributed by atoms with E-state index in [1.54, 1.807) is 20.1 Å². The summed E-state index contributed by atoms with van der Waals surface area (Å²) in [5.74, 6) is 2.63. The summed E-state index contributed by atoms with van der Waals surface area (Å²) < 4.78 is 17.4. The van der Waals surface area contributed by atoms with E-state index in [-0.39, 0.29) is 5.43 Å². The van der Waals surface area contributed by atoms with Gasteiger partial charge in [0.25, 0.3) is 0 Å². The Labute approximate surface area is 158 Å². The molecule has 4 heteroatoms. The lowest BCUT2D eigenvalue weighted by atomic mass is 10.1. The van der Waals surface area contributed by atoms with E-state index < -0.39 is 0 Å². The standard InChI is InChI=1S/C23H22O4/c1-15-19(27-20-8-4-3-7-18(20)22(15)24)13-12-17-6-5-9-21(25-2)23(17)26-14-16-10-11-16/h3-9,12-13,16H,10-11,14H2,1-2H3/b13-12+. The van der Waals surface area contributed by atoms with Gasteiger partial charge in [0.15, 0.2) is 16.9 Å². The van der Waals surface area contributed by atoms with Crippen molar-refractivity contribution in [2.75, 3.05) is 13.7 Å². The smallest absolute Gasteiger partial charge is 0.196 e. The van der Waals surface area contributed by atoms with Crippen LogP contribution >= 0.6 is 0 Å². The summed E-state index contributed by atoms with van der Waals surface area (Å²) in [5.41, 5.74) is 2.06. The molecule has 4 rings (SSSR count). The monoisotopic (exact) mass is 362 g/mol. The third kappa shape index (κ3) is 3.61. The topological polar surface area (TPSA) is 48.7 Å². The van der Waals surface area contributed by atoms with Gasteiger partial charge in [0, 0.05) is 11.1 Å². The molecule has 1 aliphatic rings. The first-order valence-electron chi connectivity index (χ1n) is 9.17. The molecule has 0 amide bonds. The van der Waals surface area contributed by atoms with Gasteiger partial charge in [-0.25, -0.2) is 0 Å². The maximum absolute atomic E-state index is 12.6. The number of ether oxygens (including phenoxy) is 2. The molecular weight excluding hydrogens is 340 g/mol. The van der Waals surface area contributed by atoms with E-state index in [1.807, 2.05) is 48.6 Å². The first-order chi connectivity index (χ1) is 13.2. The van der Waals surface area contributed by atoms with Crippen LogP contribution < -0.4 is 14.9 Å². The fraction of sp³-hybridized carbons (Fsp3) is 0.261. The van der Waals surface area contributed by atoms with E-state index in [0.29, 0.717) is 40.6 Å². The van der Waals surface area contributed by atoms with E-state index in [4.69, 9.17) is 13.9 Å². The van der Waals surface area contributed by atoms with Crippen LogP contribution in [0.5, 0.6) is 11.5 Å². The maximum atomic E-state index is 12.6. The van der Waals surface area contributed by atoms with Crippen molar-refractivity contribution < 1.29 is 13.9 Å². The second kappa shape index (κ2) is 7.31. The molecular formula is C23H22O4. The number of hydrogen-bond donors (Lipinski definition) is 0. The molecule has 1 aromatic heterocycles. The van der Waals surface area contributed by atoms with Crippen LogP contribution in [0.15, 0.2) is 51.7 Å². The van der Waals surface area contributed by atoms with Gasteiger partial charge in [-0.3, -0.25) is 4.79 Å². The van der Waals surface area contributed by atoms with Gasteiger partial charge >= 0.3 is 0 Å². The van der Waals surface area contributed by atoms with Crippen molar-refractivity contribution in [1.82, 2.24) is 0 Å². The van der Waals surface area contributed by atoms with Crippen LogP contribution in [0.25, 0.3) is 23.1 Å². The van der Waals surface area contributed by atoms with Crippen LogP contribution in [-0.2, 0) is 0 Å². The van der Waals surface area contributed by atoms with Gasteiger partial charge in [0.1, 0.15) is 11.3 Å². The summed E-state index contributed by atoms with van der Waals surface area (Å²) in [5, 5.41) is 0.599. The van der Waals surface area contributed by atoms with Crippen LogP contribution in [0.2, 0.25) is 0 Å². The van der Waals surface area contributed by atoms with Crippen molar-refractivity contribution in [2.24, 2.45) is 5.92 Å². The number of rotatable bonds is 6. The molecule has 138 valence electrons. The minimum Gasteiger partial charge on any atom is -0.493 e. The Hall–Kier alpha value is -3.01. The van der Waals surface area contributed by atoms with Gasteiger partial charge in [-0.1, -0.05) is 24.3 Å². The Morgan fingerprint density at radius 2 is 1.93 bits per heavy atom. The summed E-state index contributed by atoms with van der Waals surface area (Å²) in [7, 11) is 1.64. The molecule has 0 bridgehead atoms. The van der Waals surface area contributed by atoms with Crippen LogP contribution in [0.3, 0.4) is 0 Å². The number of fused-ring (bicyclic) bond motifs is 1. The highest BCUT2D eigenvalue weighted by atomic mass is 16.5. The average molecular weight is 362 g/mol. The van der Waals surface area contributed by atoms with Gasteiger partial charge < -0.3 is 13.9 Å². The predicted octanol–water partition coefficient (Wildman–Crippen LogP) is 5.07. The van der Waals surface area contributed by atoms with Gasteiger partial charge in [-0.05, 0) is 56.0 Å². The highest BCUT2D eigenvalue weighted by Gasteiger charge is 2.23. The molecule has 1 fully saturated rings. The lowest BCUT2D eigenvalue weighted by Gasteiger charge is -2.13. The molecule has 0 N–H and O–H groups in total. The van der Waals surface area contributed by atoms with Crippen LogP contribution in [0.1, 0.15) is 29.7 Å². The largest absolute Gasteiger partial charge is 0.493 e. The van der Waals surface area contributed by atoms with E-state index in [2.05, 4.69) is 0 Å². The number of benzene rings is 2. The molecule has 1 heterocycles. The SMILES string of the molecule is COc1cccc(/C=C/c2oc3ccccc3c(=O)c2C)c1OCC1CC1. The summed E-state index contributed by atoms with van der Waals surface area (Å²) in [4.78, 5) is 12.6. The van der Waals surface area contributed by atoms with Crippen LogP contribution in [0.4, 0.5) is 0 Å². The number of hydrogen-bond acceptors (Lipinski definition) is 4. The second-order valence-corrected chi connectivity index (χ2v) is 6.88. The van der Waals surface area contributed by atoms with E-state index in [9.17, 15) is 4.79 Å². The normalized spacial score (nSPS) is 14.0. The van der Waals surface area contributed by atoms with E-state index in [0.717, 1.165) is 11.3 Å². The molecule has 3 aromatic rings. The number of para-hydroxylation sites is 2. The highest BCUT2D eigenvalue weighted by molar-refractivity contribution is 5.80. The Bertz CT molecular complexity index is 1060. The van der Waals surface area contributed by atoms with Crippen molar-refractivity contribution in [2.45, 2.75) is 19.8 Å². The zero-order valence-electron chi connectivity index (χ0n) is 15.5. The van der Waals surface area contributed by atoms with Gasteiger partial charge in [0.05, 0.1) is 19.1 Å². The van der Waals surface area contributed by atoms with Gasteiger partial charge in [-0.2, -0.15) is 0 Å². The molecule has 0 atom stereocenters. The Kier molecular flexibility index (Phi) is 4.71. The van der Waals surface area contributed by atoms with Crippen molar-refractivity contribution >= 4 is 23.1 Å². The fourth-order valence-corrected chi connectivity index (χ4v) is 3.04. The number of methoxy groups -OCH3 is 1. The maximum Gasteiger partial charge on any atom is 0.196 e. The van der Waals surface area contributed by atoms with Crippen molar-refractivity contribution in [3.05, 3.63) is 69.6 Å². The molecule has 0 saturated heterocycles. The van der Waals surface area contributed by atoms with Crippen LogP contribution in [-0.4, -0.2) is 13.7 Å². The molecule has 2 aromatic carbocycles. The van der Waals surface area contributed by atoms with Crippen molar-refractivity contribution in [3.63, 3.8) is 0 Å². The molecule has 0 radical (unpaired) electrons. The first kappa shape index (κ1) is 17.4. The van der Waals surface area contributed by atoms with E-state index in [1.165, 1.54) is 12.8 Å². The third-order valence-electron chi connectivity index (χ3n) is 4.87. The molecule has 27 heavy (non-hydrogen) atoms. The second-order valence-electron chi connectivity index (χ2n) is 6.88. The lowest BCUT2D eigenvalue weighted by molar-refractivity contribution is 0.280. The first-order valence-corrected chi connectivity index (χ1v) is 9.17. The van der Waals surface area contributed by atoms with Crippen molar-refractivity contribution in [3.8, 4) is 11.5 Å². The minimum atomic E-state index is -0.00708. The van der Waals surface area contributed by atoms with Crippen molar-refractivity contribution in [1.29, 1.82) is 0 Å². The fourth-order valence-electron chi connectivity index (χ4n) is 3.04. The zero-order chi connectivity index (χ0) is 18.8.